The Morgan fingerprint density at radius 3 is 2.54 bits per heavy atom. The van der Waals surface area contributed by atoms with E-state index in [-0.39, 0.29) is 23.5 Å². The van der Waals surface area contributed by atoms with Crippen molar-refractivity contribution in [3.63, 3.8) is 0 Å². The van der Waals surface area contributed by atoms with Crippen LogP contribution in [0.3, 0.4) is 0 Å². The molecule has 0 aromatic carbocycles. The van der Waals surface area contributed by atoms with Gasteiger partial charge in [-0.1, -0.05) is 12.5 Å². The Kier molecular flexibility index (Phi) is 5.08. The van der Waals surface area contributed by atoms with Gasteiger partial charge in [-0.05, 0) is 37.1 Å². The first-order valence-electron chi connectivity index (χ1n) is 8.12. The van der Waals surface area contributed by atoms with Crippen LogP contribution in [0.5, 0.6) is 0 Å². The summed E-state index contributed by atoms with van der Waals surface area (Å²) in [6.07, 6.45) is 3.76. The number of carbonyl (C=O) groups is 4. The van der Waals surface area contributed by atoms with Crippen LogP contribution in [0, 0.1) is 17.8 Å². The van der Waals surface area contributed by atoms with Gasteiger partial charge in [0.25, 0.3) is 11.8 Å². The molecule has 128 valence electrons. The highest BCUT2D eigenvalue weighted by Gasteiger charge is 2.41. The zero-order valence-electron chi connectivity index (χ0n) is 13.2. The van der Waals surface area contributed by atoms with Gasteiger partial charge in [0.15, 0.2) is 6.61 Å². The third-order valence-corrected chi connectivity index (χ3v) is 5.59. The molecule has 2 aliphatic rings. The molecule has 0 spiro atoms. The van der Waals surface area contributed by atoms with Gasteiger partial charge in [-0.2, -0.15) is 0 Å². The molecular formula is C17H19NO5S. The molecule has 3 atom stereocenters. The van der Waals surface area contributed by atoms with Gasteiger partial charge >= 0.3 is 5.97 Å². The topological polar surface area (TPSA) is 89.5 Å². The van der Waals surface area contributed by atoms with E-state index in [1.807, 2.05) is 0 Å². The van der Waals surface area contributed by atoms with E-state index in [1.54, 1.807) is 17.5 Å². The third kappa shape index (κ3) is 3.72. The van der Waals surface area contributed by atoms with Gasteiger partial charge < -0.3 is 4.74 Å². The first-order valence-corrected chi connectivity index (χ1v) is 9.00. The molecule has 0 saturated heterocycles. The van der Waals surface area contributed by atoms with E-state index in [2.05, 4.69) is 5.32 Å². The smallest absolute Gasteiger partial charge is 0.309 e. The summed E-state index contributed by atoms with van der Waals surface area (Å²) in [5.74, 6) is -1.70. The number of ketones is 1. The summed E-state index contributed by atoms with van der Waals surface area (Å²) in [5.41, 5.74) is 0. The van der Waals surface area contributed by atoms with Crippen LogP contribution < -0.4 is 5.32 Å². The predicted octanol–water partition coefficient (Wildman–Crippen LogP) is 1.94. The highest BCUT2D eigenvalue weighted by Crippen LogP contribution is 2.40. The molecule has 1 unspecified atom stereocenters. The number of hydrogen-bond acceptors (Lipinski definition) is 6. The number of amides is 2. The maximum Gasteiger partial charge on any atom is 0.309 e. The summed E-state index contributed by atoms with van der Waals surface area (Å²) >= 11 is 1.23. The summed E-state index contributed by atoms with van der Waals surface area (Å²) in [5, 5.41) is 3.93. The molecule has 2 saturated carbocycles. The molecule has 2 aliphatic carbocycles. The van der Waals surface area contributed by atoms with Gasteiger partial charge in [-0.15, -0.1) is 11.3 Å². The van der Waals surface area contributed by atoms with Crippen LogP contribution in [-0.4, -0.2) is 30.2 Å². The lowest BCUT2D eigenvalue weighted by atomic mass is 9.67. The summed E-state index contributed by atoms with van der Waals surface area (Å²) in [4.78, 5) is 48.1. The van der Waals surface area contributed by atoms with Crippen molar-refractivity contribution in [3.8, 4) is 0 Å². The summed E-state index contributed by atoms with van der Waals surface area (Å²) < 4.78 is 5.05. The van der Waals surface area contributed by atoms with Crippen molar-refractivity contribution in [1.29, 1.82) is 0 Å². The van der Waals surface area contributed by atoms with Crippen LogP contribution in [-0.2, 0) is 19.1 Å². The van der Waals surface area contributed by atoms with Crippen LogP contribution in [0.4, 0.5) is 0 Å². The van der Waals surface area contributed by atoms with Crippen molar-refractivity contribution in [1.82, 2.24) is 5.32 Å². The number of hydrogen-bond donors (Lipinski definition) is 1. The second-order valence-electron chi connectivity index (χ2n) is 6.36. The van der Waals surface area contributed by atoms with Crippen LogP contribution >= 0.6 is 11.3 Å². The monoisotopic (exact) mass is 349 g/mol. The average molecular weight is 349 g/mol. The van der Waals surface area contributed by atoms with Crippen LogP contribution in [0.1, 0.15) is 41.8 Å². The fourth-order valence-electron chi connectivity index (χ4n) is 3.56. The van der Waals surface area contributed by atoms with E-state index in [4.69, 9.17) is 4.74 Å². The molecule has 2 bridgehead atoms. The van der Waals surface area contributed by atoms with Crippen LogP contribution in [0.2, 0.25) is 0 Å². The van der Waals surface area contributed by atoms with E-state index >= 15 is 0 Å². The largest absolute Gasteiger partial charge is 0.455 e. The van der Waals surface area contributed by atoms with Gasteiger partial charge in [0.2, 0.25) is 0 Å². The second-order valence-corrected chi connectivity index (χ2v) is 7.31. The fraction of sp³-hybridized carbons (Fsp3) is 0.529. The molecule has 0 aliphatic heterocycles. The number of rotatable bonds is 4. The number of ether oxygens (including phenoxy) is 1. The molecule has 1 N–H and O–H groups in total. The Labute approximate surface area is 143 Å². The van der Waals surface area contributed by atoms with Crippen LogP contribution in [0.15, 0.2) is 17.5 Å². The Bertz CT molecular complexity index is 638. The molecule has 2 amide bonds. The number of carbonyl (C=O) groups excluding carboxylic acids is 4. The van der Waals surface area contributed by atoms with E-state index in [9.17, 15) is 19.2 Å². The highest BCUT2D eigenvalue weighted by atomic mass is 32.1. The van der Waals surface area contributed by atoms with Gasteiger partial charge in [-0.25, -0.2) is 0 Å². The van der Waals surface area contributed by atoms with Crippen LogP contribution in [0.25, 0.3) is 0 Å². The Morgan fingerprint density at radius 2 is 1.92 bits per heavy atom. The maximum absolute atomic E-state index is 12.2. The Morgan fingerprint density at radius 1 is 1.21 bits per heavy atom. The second kappa shape index (κ2) is 7.25. The average Bonchev–Trinajstić information content (AvgIpc) is 3.07. The quantitative estimate of drug-likeness (QED) is 0.839. The standard InChI is InChI=1S/C17H19NO5S/c19-14(18-16(21)13-5-2-6-24-13)9-23-17(22)12-7-10-3-1-4-11(8-12)15(10)20/h2,5-6,10-12H,1,3-4,7-9H2,(H,18,19,21)/t10-,11+,12?. The van der Waals surface area contributed by atoms with Gasteiger partial charge in [-0.3, -0.25) is 24.5 Å². The molecule has 6 nitrogen and oxygen atoms in total. The first kappa shape index (κ1) is 16.8. The number of nitrogens with one attached hydrogen (secondary N) is 1. The molecule has 1 aromatic heterocycles. The van der Waals surface area contributed by atoms with Crippen molar-refractivity contribution in [2.75, 3.05) is 6.61 Å². The lowest BCUT2D eigenvalue weighted by molar-refractivity contribution is -0.156. The zero-order chi connectivity index (χ0) is 17.1. The van der Waals surface area contributed by atoms with E-state index in [0.717, 1.165) is 19.3 Å². The number of imide groups is 1. The molecule has 2 fully saturated rings. The minimum Gasteiger partial charge on any atom is -0.455 e. The number of fused-ring (bicyclic) bond motifs is 2. The summed E-state index contributed by atoms with van der Waals surface area (Å²) in [7, 11) is 0. The molecule has 1 aromatic rings. The Hall–Kier alpha value is -2.02. The van der Waals surface area contributed by atoms with Gasteiger partial charge in [0.1, 0.15) is 5.78 Å². The summed E-state index contributed by atoms with van der Waals surface area (Å²) in [6, 6.07) is 3.32. The third-order valence-electron chi connectivity index (χ3n) is 4.72. The lowest BCUT2D eigenvalue weighted by Gasteiger charge is -2.36. The van der Waals surface area contributed by atoms with Crippen molar-refractivity contribution < 1.29 is 23.9 Å². The number of esters is 1. The number of Topliss-reactive ketones (excluding diaryl/α,β-unsaturated/α-hetero) is 1. The zero-order valence-corrected chi connectivity index (χ0v) is 14.0. The molecular weight excluding hydrogens is 330 g/mol. The minimum absolute atomic E-state index is 0.0377. The lowest BCUT2D eigenvalue weighted by Crippen LogP contribution is -2.40. The van der Waals surface area contributed by atoms with E-state index < -0.39 is 24.4 Å². The SMILES string of the molecule is O=C(COC(=O)C1C[C@H]2CCC[C@@H](C1)C2=O)NC(=O)c1cccs1. The van der Waals surface area contributed by atoms with Crippen molar-refractivity contribution >= 4 is 34.9 Å². The highest BCUT2D eigenvalue weighted by molar-refractivity contribution is 7.12. The predicted molar refractivity (Wildman–Crippen MR) is 86.3 cm³/mol. The van der Waals surface area contributed by atoms with Gasteiger partial charge in [0, 0.05) is 11.8 Å². The van der Waals surface area contributed by atoms with Gasteiger partial charge in [0.05, 0.1) is 10.8 Å². The normalized spacial score (nSPS) is 25.8. The van der Waals surface area contributed by atoms with E-state index in [1.165, 1.54) is 11.3 Å². The van der Waals surface area contributed by atoms with Crippen molar-refractivity contribution in [3.05, 3.63) is 22.4 Å². The maximum atomic E-state index is 12.2. The fourth-order valence-corrected chi connectivity index (χ4v) is 4.18. The van der Waals surface area contributed by atoms with Crippen molar-refractivity contribution in [2.24, 2.45) is 17.8 Å². The molecule has 1 heterocycles. The summed E-state index contributed by atoms with van der Waals surface area (Å²) in [6.45, 7) is -0.476. The molecule has 0 radical (unpaired) electrons. The van der Waals surface area contributed by atoms with E-state index in [0.29, 0.717) is 17.7 Å². The molecule has 24 heavy (non-hydrogen) atoms. The first-order chi connectivity index (χ1) is 11.5. The molecule has 7 heteroatoms. The van der Waals surface area contributed by atoms with Crippen molar-refractivity contribution in [2.45, 2.75) is 32.1 Å². The Balaban J connectivity index is 1.46. The number of thiophene rings is 1. The molecule has 3 rings (SSSR count). The minimum atomic E-state index is -0.645.